The molecule has 154 valence electrons. The second kappa shape index (κ2) is 10.3. The van der Waals surface area contributed by atoms with E-state index in [1.807, 2.05) is 0 Å². The minimum absolute atomic E-state index is 0.162. The summed E-state index contributed by atoms with van der Waals surface area (Å²) in [6.45, 7) is -0.423. The summed E-state index contributed by atoms with van der Waals surface area (Å²) in [7, 11) is 4.43. The molecular formula is C20H22ClN3O5. The van der Waals surface area contributed by atoms with Crippen LogP contribution in [0.2, 0.25) is 5.02 Å². The lowest BCUT2D eigenvalue weighted by Crippen LogP contribution is -2.41. The molecule has 2 aromatic rings. The van der Waals surface area contributed by atoms with Crippen molar-refractivity contribution in [3.05, 3.63) is 53.1 Å². The molecule has 0 radical (unpaired) electrons. The summed E-state index contributed by atoms with van der Waals surface area (Å²) >= 11 is 5.80. The lowest BCUT2D eigenvalue weighted by molar-refractivity contribution is -0.132. The van der Waals surface area contributed by atoms with E-state index in [1.54, 1.807) is 30.3 Å². The van der Waals surface area contributed by atoms with E-state index in [2.05, 4.69) is 10.6 Å². The van der Waals surface area contributed by atoms with Crippen LogP contribution in [0.5, 0.6) is 11.5 Å². The van der Waals surface area contributed by atoms with Crippen molar-refractivity contribution < 1.29 is 23.9 Å². The van der Waals surface area contributed by atoms with Crippen LogP contribution in [0, 0.1) is 0 Å². The van der Waals surface area contributed by atoms with Crippen molar-refractivity contribution in [2.75, 3.05) is 39.7 Å². The molecule has 8 nitrogen and oxygen atoms in total. The summed E-state index contributed by atoms with van der Waals surface area (Å²) < 4.78 is 10.2. The number of carbonyl (C=O) groups is 3. The van der Waals surface area contributed by atoms with E-state index in [4.69, 9.17) is 21.1 Å². The molecule has 0 aromatic heterocycles. The van der Waals surface area contributed by atoms with Crippen molar-refractivity contribution in [2.45, 2.75) is 0 Å². The van der Waals surface area contributed by atoms with Gasteiger partial charge in [-0.05, 0) is 36.4 Å². The average Bonchev–Trinajstić information content (AvgIpc) is 2.72. The van der Waals surface area contributed by atoms with E-state index in [-0.39, 0.29) is 24.6 Å². The Hall–Kier alpha value is -3.26. The molecule has 0 atom stereocenters. The molecule has 0 bridgehead atoms. The van der Waals surface area contributed by atoms with Crippen LogP contribution in [0.1, 0.15) is 10.4 Å². The Balaban J connectivity index is 1.86. The van der Waals surface area contributed by atoms with Crippen LogP contribution in [-0.2, 0) is 9.59 Å². The van der Waals surface area contributed by atoms with Gasteiger partial charge < -0.3 is 25.0 Å². The maximum Gasteiger partial charge on any atom is 0.251 e. The van der Waals surface area contributed by atoms with Gasteiger partial charge in [-0.3, -0.25) is 14.4 Å². The van der Waals surface area contributed by atoms with Crippen molar-refractivity contribution in [2.24, 2.45) is 0 Å². The molecule has 2 aromatic carbocycles. The second-order valence-corrected chi connectivity index (χ2v) is 6.53. The van der Waals surface area contributed by atoms with Crippen molar-refractivity contribution in [1.29, 1.82) is 0 Å². The molecular weight excluding hydrogens is 398 g/mol. The zero-order valence-electron chi connectivity index (χ0n) is 16.3. The summed E-state index contributed by atoms with van der Waals surface area (Å²) in [4.78, 5) is 37.8. The first-order valence-electron chi connectivity index (χ1n) is 8.63. The second-order valence-electron chi connectivity index (χ2n) is 6.09. The van der Waals surface area contributed by atoms with Crippen molar-refractivity contribution in [3.63, 3.8) is 0 Å². The number of ether oxygens (including phenoxy) is 2. The highest BCUT2D eigenvalue weighted by Gasteiger charge is 2.16. The molecule has 0 aliphatic rings. The van der Waals surface area contributed by atoms with Gasteiger partial charge in [-0.1, -0.05) is 11.6 Å². The lowest BCUT2D eigenvalue weighted by Gasteiger charge is -2.17. The topological polar surface area (TPSA) is 97.0 Å². The largest absolute Gasteiger partial charge is 0.497 e. The van der Waals surface area contributed by atoms with Crippen molar-refractivity contribution in [3.8, 4) is 11.5 Å². The molecule has 9 heteroatoms. The van der Waals surface area contributed by atoms with Crippen molar-refractivity contribution >= 4 is 35.0 Å². The van der Waals surface area contributed by atoms with Crippen LogP contribution < -0.4 is 20.1 Å². The number of halogens is 1. The van der Waals surface area contributed by atoms with E-state index in [0.717, 1.165) is 0 Å². The van der Waals surface area contributed by atoms with Gasteiger partial charge in [-0.2, -0.15) is 0 Å². The minimum atomic E-state index is -0.463. The number of methoxy groups -OCH3 is 2. The molecule has 0 spiro atoms. The van der Waals surface area contributed by atoms with Gasteiger partial charge >= 0.3 is 0 Å². The number of likely N-dealkylation sites (N-methyl/N-ethyl adjacent to an activating group) is 1. The molecule has 0 saturated heterocycles. The van der Waals surface area contributed by atoms with E-state index < -0.39 is 11.8 Å². The number of benzene rings is 2. The van der Waals surface area contributed by atoms with Crippen LogP contribution in [-0.4, -0.2) is 57.0 Å². The predicted molar refractivity (Wildman–Crippen MR) is 110 cm³/mol. The van der Waals surface area contributed by atoms with Crippen LogP contribution in [0.15, 0.2) is 42.5 Å². The highest BCUT2D eigenvalue weighted by molar-refractivity contribution is 6.30. The Morgan fingerprint density at radius 2 is 1.59 bits per heavy atom. The monoisotopic (exact) mass is 419 g/mol. The van der Waals surface area contributed by atoms with Crippen LogP contribution in [0.3, 0.4) is 0 Å². The number of hydrogen-bond acceptors (Lipinski definition) is 5. The van der Waals surface area contributed by atoms with Gasteiger partial charge in [0.25, 0.3) is 5.91 Å². The first-order chi connectivity index (χ1) is 13.8. The zero-order chi connectivity index (χ0) is 21.4. The third kappa shape index (κ3) is 6.69. The highest BCUT2D eigenvalue weighted by Crippen LogP contribution is 2.22. The van der Waals surface area contributed by atoms with E-state index in [0.29, 0.717) is 22.2 Å². The summed E-state index contributed by atoms with van der Waals surface area (Å²) in [6.07, 6.45) is 0. The highest BCUT2D eigenvalue weighted by atomic mass is 35.5. The number of nitrogens with one attached hydrogen (secondary N) is 2. The number of nitrogens with zero attached hydrogens (tertiary/aromatic N) is 1. The van der Waals surface area contributed by atoms with Gasteiger partial charge in [-0.15, -0.1) is 0 Å². The number of carbonyl (C=O) groups excluding carboxylic acids is 3. The molecule has 0 saturated carbocycles. The molecule has 3 amide bonds. The van der Waals surface area contributed by atoms with Gasteiger partial charge in [0.1, 0.15) is 11.5 Å². The number of amides is 3. The number of anilines is 1. The number of hydrogen-bond donors (Lipinski definition) is 2. The maximum absolute atomic E-state index is 12.3. The lowest BCUT2D eigenvalue weighted by atomic mass is 10.2. The molecule has 29 heavy (non-hydrogen) atoms. The SMILES string of the molecule is COc1cc(OC)cc(C(=O)NCC(=O)N(C)CC(=O)Nc2ccc(Cl)cc2)c1. The van der Waals surface area contributed by atoms with E-state index in [9.17, 15) is 14.4 Å². The predicted octanol–water partition coefficient (Wildman–Crippen LogP) is 2.18. The molecule has 0 unspecified atom stereocenters. The fourth-order valence-corrected chi connectivity index (χ4v) is 2.49. The maximum atomic E-state index is 12.3. The Bertz CT molecular complexity index is 864. The fourth-order valence-electron chi connectivity index (χ4n) is 2.37. The van der Waals surface area contributed by atoms with E-state index in [1.165, 1.54) is 38.3 Å². The fraction of sp³-hybridized carbons (Fsp3) is 0.250. The molecule has 2 rings (SSSR count). The Morgan fingerprint density at radius 3 is 2.14 bits per heavy atom. The quantitative estimate of drug-likeness (QED) is 0.683. The Kier molecular flexibility index (Phi) is 7.85. The van der Waals surface area contributed by atoms with E-state index >= 15 is 0 Å². The normalized spacial score (nSPS) is 10.1. The van der Waals surface area contributed by atoms with Gasteiger partial charge in [0, 0.05) is 29.4 Å². The molecule has 0 aliphatic heterocycles. The zero-order valence-corrected chi connectivity index (χ0v) is 17.1. The standard InChI is InChI=1S/C20H22ClN3O5/c1-24(12-18(25)23-15-6-4-14(21)5-7-15)19(26)11-22-20(27)13-8-16(28-2)10-17(9-13)29-3/h4-10H,11-12H2,1-3H3,(H,22,27)(H,23,25). The molecule has 0 fully saturated rings. The summed E-state index contributed by atoms with van der Waals surface area (Å²) in [5, 5.41) is 5.74. The van der Waals surface area contributed by atoms with Gasteiger partial charge in [0.15, 0.2) is 0 Å². The first-order valence-corrected chi connectivity index (χ1v) is 9.01. The average molecular weight is 420 g/mol. The van der Waals surface area contributed by atoms with Gasteiger partial charge in [0.2, 0.25) is 11.8 Å². The minimum Gasteiger partial charge on any atom is -0.497 e. The van der Waals surface area contributed by atoms with Gasteiger partial charge in [-0.25, -0.2) is 0 Å². The molecule has 2 N–H and O–H groups in total. The van der Waals surface area contributed by atoms with Gasteiger partial charge in [0.05, 0.1) is 27.3 Å². The Morgan fingerprint density at radius 1 is 1.00 bits per heavy atom. The first kappa shape index (κ1) is 22.0. The van der Waals surface area contributed by atoms with Crippen LogP contribution in [0.25, 0.3) is 0 Å². The molecule has 0 aliphatic carbocycles. The summed E-state index contributed by atoms with van der Waals surface area (Å²) in [6, 6.07) is 11.3. The summed E-state index contributed by atoms with van der Waals surface area (Å²) in [5.74, 6) is -0.338. The third-order valence-corrected chi connectivity index (χ3v) is 4.20. The van der Waals surface area contributed by atoms with Crippen LogP contribution >= 0.6 is 11.6 Å². The summed E-state index contributed by atoms with van der Waals surface area (Å²) in [5.41, 5.74) is 0.859. The smallest absolute Gasteiger partial charge is 0.251 e. The van der Waals surface area contributed by atoms with Crippen LogP contribution in [0.4, 0.5) is 5.69 Å². The third-order valence-electron chi connectivity index (χ3n) is 3.95. The van der Waals surface area contributed by atoms with Crippen molar-refractivity contribution in [1.82, 2.24) is 10.2 Å². The molecule has 0 heterocycles. The number of rotatable bonds is 8. The Labute approximate surface area is 173 Å².